The summed E-state index contributed by atoms with van der Waals surface area (Å²) >= 11 is 13.4. The number of rotatable bonds is 7. The van der Waals surface area contributed by atoms with Crippen molar-refractivity contribution >= 4 is 40.9 Å². The van der Waals surface area contributed by atoms with Gasteiger partial charge in [-0.05, 0) is 29.8 Å². The number of hydrogen-bond donors (Lipinski definition) is 0. The van der Waals surface area contributed by atoms with E-state index >= 15 is 0 Å². The molecule has 0 saturated heterocycles. The molecule has 0 saturated carbocycles. The summed E-state index contributed by atoms with van der Waals surface area (Å²) in [6.07, 6.45) is 3.68. The van der Waals surface area contributed by atoms with Crippen LogP contribution in [0.1, 0.15) is 12.0 Å². The first-order valence-electron chi connectivity index (χ1n) is 7.21. The van der Waals surface area contributed by atoms with Crippen LogP contribution in [0.4, 0.5) is 0 Å². The van der Waals surface area contributed by atoms with E-state index in [1.165, 1.54) is 11.8 Å². The first-order valence-corrected chi connectivity index (χ1v) is 8.96. The van der Waals surface area contributed by atoms with Crippen LogP contribution in [-0.4, -0.2) is 28.1 Å². The molecule has 7 heteroatoms. The maximum Gasteiger partial charge on any atom is 0.233 e. The lowest BCUT2D eigenvalue weighted by molar-refractivity contribution is -0.128. The summed E-state index contributed by atoms with van der Waals surface area (Å²) in [6, 6.07) is 11.0. The minimum atomic E-state index is -0.0601. The Morgan fingerprint density at radius 3 is 2.88 bits per heavy atom. The van der Waals surface area contributed by atoms with Gasteiger partial charge in [-0.1, -0.05) is 29.3 Å². The minimum absolute atomic E-state index is 0.0601. The van der Waals surface area contributed by atoms with Crippen LogP contribution in [-0.2, 0) is 11.3 Å². The summed E-state index contributed by atoms with van der Waals surface area (Å²) < 4.78 is 0. The average molecular weight is 380 g/mol. The molecular formula is C17H15Cl2N3OS. The van der Waals surface area contributed by atoms with Crippen LogP contribution in [0.3, 0.4) is 0 Å². The Balaban J connectivity index is 2.01. The molecule has 0 unspecified atom stereocenters. The largest absolute Gasteiger partial charge is 0.337 e. The molecule has 1 aromatic heterocycles. The molecular weight excluding hydrogens is 365 g/mol. The molecule has 1 aromatic carbocycles. The standard InChI is InChI=1S/C17H15Cl2N3OS/c18-14-4-5-15(19)16(9-14)24-12-17(23)22(8-2-6-20)11-13-3-1-7-21-10-13/h1,3-5,7,9-10H,2,8,11-12H2. The van der Waals surface area contributed by atoms with Crippen LogP contribution in [0.5, 0.6) is 0 Å². The molecule has 0 fully saturated rings. The normalized spacial score (nSPS) is 10.2. The summed E-state index contributed by atoms with van der Waals surface area (Å²) in [7, 11) is 0. The van der Waals surface area contributed by atoms with E-state index in [0.29, 0.717) is 23.1 Å². The second-order valence-corrected chi connectivity index (χ2v) is 6.81. The molecule has 24 heavy (non-hydrogen) atoms. The number of halogens is 2. The number of hydrogen-bond acceptors (Lipinski definition) is 4. The Hall–Kier alpha value is -1.74. The van der Waals surface area contributed by atoms with Gasteiger partial charge in [-0.15, -0.1) is 11.8 Å². The summed E-state index contributed by atoms with van der Waals surface area (Å²) in [6.45, 7) is 0.812. The van der Waals surface area contributed by atoms with Crippen molar-refractivity contribution in [2.75, 3.05) is 12.3 Å². The first kappa shape index (κ1) is 18.6. The highest BCUT2D eigenvalue weighted by molar-refractivity contribution is 8.00. The van der Waals surface area contributed by atoms with E-state index in [0.717, 1.165) is 10.5 Å². The van der Waals surface area contributed by atoms with E-state index in [1.807, 2.05) is 12.1 Å². The predicted molar refractivity (Wildman–Crippen MR) is 97.1 cm³/mol. The maximum atomic E-state index is 12.5. The van der Waals surface area contributed by atoms with Gasteiger partial charge in [0.15, 0.2) is 0 Å². The van der Waals surface area contributed by atoms with Crippen LogP contribution in [0, 0.1) is 11.3 Å². The number of thioether (sulfide) groups is 1. The highest BCUT2D eigenvalue weighted by atomic mass is 35.5. The molecule has 0 spiro atoms. The molecule has 0 atom stereocenters. The number of carbonyl (C=O) groups excluding carboxylic acids is 1. The zero-order valence-corrected chi connectivity index (χ0v) is 15.1. The lowest BCUT2D eigenvalue weighted by Gasteiger charge is -2.21. The van der Waals surface area contributed by atoms with Crippen LogP contribution < -0.4 is 0 Å². The van der Waals surface area contributed by atoms with Crippen molar-refractivity contribution in [3.63, 3.8) is 0 Å². The Kier molecular flexibility index (Phi) is 7.38. The molecule has 4 nitrogen and oxygen atoms in total. The van der Waals surface area contributed by atoms with Crippen LogP contribution in [0.25, 0.3) is 0 Å². The third-order valence-electron chi connectivity index (χ3n) is 3.19. The number of aromatic nitrogens is 1. The molecule has 2 aromatic rings. The fraction of sp³-hybridized carbons (Fsp3) is 0.235. The van der Waals surface area contributed by atoms with Crippen LogP contribution >= 0.6 is 35.0 Å². The Bertz CT molecular complexity index is 734. The van der Waals surface area contributed by atoms with Crippen molar-refractivity contribution in [3.8, 4) is 6.07 Å². The first-order chi connectivity index (χ1) is 11.6. The molecule has 2 rings (SSSR count). The Morgan fingerprint density at radius 1 is 1.33 bits per heavy atom. The lowest BCUT2D eigenvalue weighted by Crippen LogP contribution is -2.32. The molecule has 0 radical (unpaired) electrons. The second kappa shape index (κ2) is 9.53. The Morgan fingerprint density at radius 2 is 2.17 bits per heavy atom. The third-order valence-corrected chi connectivity index (χ3v) is 4.90. The van der Waals surface area contributed by atoms with Gasteiger partial charge in [0.05, 0.1) is 23.3 Å². The quantitative estimate of drug-likeness (QED) is 0.667. The summed E-state index contributed by atoms with van der Waals surface area (Å²) in [5.41, 5.74) is 0.926. The summed E-state index contributed by atoms with van der Waals surface area (Å²) in [4.78, 5) is 19.0. The number of pyridine rings is 1. The van der Waals surface area contributed by atoms with Gasteiger partial charge >= 0.3 is 0 Å². The maximum absolute atomic E-state index is 12.5. The van der Waals surface area contributed by atoms with E-state index in [2.05, 4.69) is 11.1 Å². The predicted octanol–water partition coefficient (Wildman–Crippen LogP) is 4.42. The second-order valence-electron chi connectivity index (χ2n) is 4.95. The number of carbonyl (C=O) groups is 1. The topological polar surface area (TPSA) is 57.0 Å². The molecule has 0 aliphatic rings. The van der Waals surface area contributed by atoms with Gasteiger partial charge in [-0.2, -0.15) is 5.26 Å². The molecule has 1 heterocycles. The van der Waals surface area contributed by atoms with Gasteiger partial charge in [-0.25, -0.2) is 0 Å². The van der Waals surface area contributed by atoms with Crippen molar-refractivity contribution in [1.82, 2.24) is 9.88 Å². The van der Waals surface area contributed by atoms with Gasteiger partial charge in [0, 0.05) is 35.4 Å². The number of amides is 1. The lowest BCUT2D eigenvalue weighted by atomic mass is 10.2. The highest BCUT2D eigenvalue weighted by Crippen LogP contribution is 2.30. The van der Waals surface area contributed by atoms with E-state index in [-0.39, 0.29) is 18.1 Å². The summed E-state index contributed by atoms with van der Waals surface area (Å²) in [5, 5.41) is 9.94. The number of benzene rings is 1. The average Bonchev–Trinajstić information content (AvgIpc) is 2.60. The minimum Gasteiger partial charge on any atom is -0.337 e. The van der Waals surface area contributed by atoms with Crippen molar-refractivity contribution in [1.29, 1.82) is 5.26 Å². The SMILES string of the molecule is N#CCCN(Cc1cccnc1)C(=O)CSc1cc(Cl)ccc1Cl. The monoisotopic (exact) mass is 379 g/mol. The van der Waals surface area contributed by atoms with Gasteiger partial charge in [-0.3, -0.25) is 9.78 Å². The third kappa shape index (κ3) is 5.72. The van der Waals surface area contributed by atoms with E-state index in [4.69, 9.17) is 28.5 Å². The highest BCUT2D eigenvalue weighted by Gasteiger charge is 2.15. The van der Waals surface area contributed by atoms with E-state index in [1.54, 1.807) is 35.5 Å². The number of nitriles is 1. The molecule has 0 aliphatic heterocycles. The molecule has 0 bridgehead atoms. The van der Waals surface area contributed by atoms with Crippen molar-refractivity contribution in [2.24, 2.45) is 0 Å². The fourth-order valence-electron chi connectivity index (χ4n) is 2.01. The number of nitrogens with zero attached hydrogens (tertiary/aromatic N) is 3. The van der Waals surface area contributed by atoms with Crippen molar-refractivity contribution < 1.29 is 4.79 Å². The van der Waals surface area contributed by atoms with Gasteiger partial charge in [0.1, 0.15) is 0 Å². The molecule has 1 amide bonds. The smallest absolute Gasteiger partial charge is 0.233 e. The molecule has 0 N–H and O–H groups in total. The van der Waals surface area contributed by atoms with E-state index < -0.39 is 0 Å². The summed E-state index contributed by atoms with van der Waals surface area (Å²) in [5.74, 6) is 0.168. The van der Waals surface area contributed by atoms with Gasteiger partial charge in [0.25, 0.3) is 0 Å². The fourth-order valence-corrected chi connectivity index (χ4v) is 3.40. The van der Waals surface area contributed by atoms with Crippen molar-refractivity contribution in [2.45, 2.75) is 17.9 Å². The molecule has 124 valence electrons. The zero-order chi connectivity index (χ0) is 17.4. The Labute approximate surface area is 155 Å². The van der Waals surface area contributed by atoms with Crippen LogP contribution in [0.15, 0.2) is 47.6 Å². The van der Waals surface area contributed by atoms with Crippen molar-refractivity contribution in [3.05, 3.63) is 58.3 Å². The van der Waals surface area contributed by atoms with Gasteiger partial charge < -0.3 is 4.90 Å². The molecule has 0 aliphatic carbocycles. The van der Waals surface area contributed by atoms with Gasteiger partial charge in [0.2, 0.25) is 5.91 Å². The van der Waals surface area contributed by atoms with Crippen LogP contribution in [0.2, 0.25) is 10.0 Å². The zero-order valence-electron chi connectivity index (χ0n) is 12.8. The van der Waals surface area contributed by atoms with E-state index in [9.17, 15) is 4.79 Å².